The van der Waals surface area contributed by atoms with Gasteiger partial charge in [-0.2, -0.15) is 18.2 Å². The largest absolute Gasteiger partial charge is 0.433 e. The summed E-state index contributed by atoms with van der Waals surface area (Å²) in [5.41, 5.74) is -1.85. The number of nitrogens with one attached hydrogen (secondary N) is 2. The Hall–Kier alpha value is -1.57. The Bertz CT molecular complexity index is 461. The van der Waals surface area contributed by atoms with Gasteiger partial charge in [0.05, 0.1) is 11.6 Å². The number of nitrogens with zero attached hydrogens (tertiary/aromatic N) is 2. The molecule has 0 saturated heterocycles. The van der Waals surface area contributed by atoms with Crippen LogP contribution < -0.4 is 10.6 Å². The van der Waals surface area contributed by atoms with Gasteiger partial charge in [-0.25, -0.2) is 4.98 Å². The molecule has 0 aliphatic rings. The summed E-state index contributed by atoms with van der Waals surface area (Å²) in [6.07, 6.45) is -5.33. The highest BCUT2D eigenvalue weighted by atomic mass is 19.4. The average molecular weight is 292 g/mol. The Morgan fingerprint density at radius 2 is 1.90 bits per heavy atom. The van der Waals surface area contributed by atoms with E-state index in [1.165, 1.54) is 0 Å². The van der Waals surface area contributed by atoms with E-state index in [1.807, 2.05) is 0 Å². The van der Waals surface area contributed by atoms with Crippen LogP contribution in [0, 0.1) is 0 Å². The number of rotatable bonds is 5. The zero-order valence-electron chi connectivity index (χ0n) is 11.8. The van der Waals surface area contributed by atoms with Gasteiger partial charge in [-0.15, -0.1) is 0 Å². The second-order valence-electron chi connectivity index (χ2n) is 5.01. The van der Waals surface area contributed by atoms with Crippen molar-refractivity contribution in [3.05, 3.63) is 11.8 Å². The lowest BCUT2D eigenvalue weighted by Crippen LogP contribution is -2.42. The van der Waals surface area contributed by atoms with Crippen LogP contribution in [-0.2, 0) is 6.18 Å². The summed E-state index contributed by atoms with van der Waals surface area (Å²) in [6, 6.07) is 0.824. The Morgan fingerprint density at radius 1 is 1.30 bits per heavy atom. The molecule has 3 N–H and O–H groups in total. The van der Waals surface area contributed by atoms with Gasteiger partial charge in [0.25, 0.3) is 0 Å². The molecular formula is C12H19F3N4O. The maximum atomic E-state index is 12.8. The Labute approximate surface area is 115 Å². The van der Waals surface area contributed by atoms with Crippen molar-refractivity contribution >= 4 is 11.8 Å². The van der Waals surface area contributed by atoms with Crippen molar-refractivity contribution in [3.63, 3.8) is 0 Å². The van der Waals surface area contributed by atoms with Gasteiger partial charge >= 0.3 is 6.18 Å². The number of alkyl halides is 3. The van der Waals surface area contributed by atoms with Gasteiger partial charge in [-0.1, -0.05) is 0 Å². The maximum Gasteiger partial charge on any atom is 0.433 e. The Balaban J connectivity index is 3.16. The first kappa shape index (κ1) is 16.5. The summed E-state index contributed by atoms with van der Waals surface area (Å²) < 4.78 is 38.4. The number of halogens is 3. The summed E-state index contributed by atoms with van der Waals surface area (Å²) in [7, 11) is 0. The van der Waals surface area contributed by atoms with Crippen molar-refractivity contribution in [2.24, 2.45) is 0 Å². The molecule has 0 amide bonds. The molecule has 20 heavy (non-hydrogen) atoms. The molecule has 0 aliphatic carbocycles. The highest BCUT2D eigenvalue weighted by Crippen LogP contribution is 2.30. The molecular weight excluding hydrogens is 273 g/mol. The predicted octanol–water partition coefficient (Wildman–Crippen LogP) is 2.50. The molecule has 114 valence electrons. The number of aliphatic hydroxyl groups is 1. The predicted molar refractivity (Wildman–Crippen MR) is 70.6 cm³/mol. The van der Waals surface area contributed by atoms with Crippen LogP contribution in [0.4, 0.5) is 24.9 Å². The lowest BCUT2D eigenvalue weighted by molar-refractivity contribution is -0.141. The summed E-state index contributed by atoms with van der Waals surface area (Å²) >= 11 is 0. The molecule has 1 heterocycles. The van der Waals surface area contributed by atoms with Gasteiger partial charge in [0.15, 0.2) is 5.69 Å². The molecule has 5 nitrogen and oxygen atoms in total. The first-order valence-electron chi connectivity index (χ1n) is 6.22. The highest BCUT2D eigenvalue weighted by molar-refractivity contribution is 5.45. The topological polar surface area (TPSA) is 70.1 Å². The van der Waals surface area contributed by atoms with E-state index in [0.717, 1.165) is 6.07 Å². The van der Waals surface area contributed by atoms with Crippen LogP contribution in [0.3, 0.4) is 0 Å². The molecule has 1 aromatic heterocycles. The third-order valence-electron chi connectivity index (χ3n) is 2.85. The molecule has 0 aliphatic heterocycles. The molecule has 1 aromatic rings. The molecule has 1 atom stereocenters. The Morgan fingerprint density at radius 3 is 2.35 bits per heavy atom. The molecule has 1 rings (SSSR count). The third-order valence-corrected chi connectivity index (χ3v) is 2.85. The van der Waals surface area contributed by atoms with Crippen LogP contribution in [0.25, 0.3) is 0 Å². The van der Waals surface area contributed by atoms with Crippen LogP contribution in [0.5, 0.6) is 0 Å². The number of aliphatic hydroxyl groups excluding tert-OH is 1. The second kappa shape index (κ2) is 5.82. The summed E-state index contributed by atoms with van der Waals surface area (Å²) in [6.45, 7) is 7.01. The fourth-order valence-corrected chi connectivity index (χ4v) is 1.33. The van der Waals surface area contributed by atoms with Crippen LogP contribution in [0.15, 0.2) is 6.07 Å². The first-order chi connectivity index (χ1) is 9.06. The maximum absolute atomic E-state index is 12.8. The minimum absolute atomic E-state index is 0.00850. The van der Waals surface area contributed by atoms with Gasteiger partial charge in [0.1, 0.15) is 5.82 Å². The van der Waals surface area contributed by atoms with Crippen LogP contribution in [0.1, 0.15) is 33.4 Å². The van der Waals surface area contributed by atoms with Crippen molar-refractivity contribution in [1.29, 1.82) is 0 Å². The van der Waals surface area contributed by atoms with E-state index in [0.29, 0.717) is 6.54 Å². The standard InChI is InChI=1S/C12H19F3N4O/c1-5-16-10-17-8(12(13,14)15)6-9(18-10)19-11(3,4)7(2)20/h6-7,20H,5H2,1-4H3,(H2,16,17,18,19). The van der Waals surface area contributed by atoms with Crippen molar-refractivity contribution in [1.82, 2.24) is 9.97 Å². The van der Waals surface area contributed by atoms with Gasteiger partial charge in [0.2, 0.25) is 5.95 Å². The lowest BCUT2D eigenvalue weighted by Gasteiger charge is -2.30. The molecule has 0 aromatic carbocycles. The number of aromatic nitrogens is 2. The highest BCUT2D eigenvalue weighted by Gasteiger charge is 2.34. The first-order valence-corrected chi connectivity index (χ1v) is 6.22. The van der Waals surface area contributed by atoms with Crippen molar-refractivity contribution in [2.75, 3.05) is 17.2 Å². The van der Waals surface area contributed by atoms with E-state index in [1.54, 1.807) is 27.7 Å². The molecule has 8 heteroatoms. The minimum Gasteiger partial charge on any atom is -0.391 e. The third kappa shape index (κ3) is 4.22. The summed E-state index contributed by atoms with van der Waals surface area (Å²) in [5.74, 6) is -0.0969. The van der Waals surface area contributed by atoms with E-state index in [-0.39, 0.29) is 11.8 Å². The van der Waals surface area contributed by atoms with Gasteiger partial charge in [-0.05, 0) is 27.7 Å². The molecule has 0 bridgehead atoms. The molecule has 1 unspecified atom stereocenters. The Kier molecular flexibility index (Phi) is 4.80. The lowest BCUT2D eigenvalue weighted by atomic mass is 9.99. The van der Waals surface area contributed by atoms with Crippen LogP contribution in [-0.4, -0.2) is 33.3 Å². The second-order valence-corrected chi connectivity index (χ2v) is 5.01. The molecule has 0 fully saturated rings. The van der Waals surface area contributed by atoms with E-state index in [2.05, 4.69) is 20.6 Å². The smallest absolute Gasteiger partial charge is 0.391 e. The van der Waals surface area contributed by atoms with Gasteiger partial charge < -0.3 is 15.7 Å². The quantitative estimate of drug-likeness (QED) is 0.778. The van der Waals surface area contributed by atoms with Crippen LogP contribution >= 0.6 is 0 Å². The van der Waals surface area contributed by atoms with E-state index in [9.17, 15) is 18.3 Å². The minimum atomic E-state index is -4.56. The van der Waals surface area contributed by atoms with Gasteiger partial charge in [0, 0.05) is 12.6 Å². The van der Waals surface area contributed by atoms with Crippen molar-refractivity contribution in [3.8, 4) is 0 Å². The zero-order valence-corrected chi connectivity index (χ0v) is 11.8. The monoisotopic (exact) mass is 292 g/mol. The van der Waals surface area contributed by atoms with Crippen LogP contribution in [0.2, 0.25) is 0 Å². The van der Waals surface area contributed by atoms with E-state index in [4.69, 9.17) is 0 Å². The number of hydrogen-bond donors (Lipinski definition) is 3. The SMILES string of the molecule is CCNc1nc(NC(C)(C)C(C)O)cc(C(F)(F)F)n1. The van der Waals surface area contributed by atoms with Gasteiger partial charge in [-0.3, -0.25) is 0 Å². The summed E-state index contributed by atoms with van der Waals surface area (Å²) in [5, 5.41) is 15.0. The van der Waals surface area contributed by atoms with E-state index < -0.39 is 23.5 Å². The fraction of sp³-hybridized carbons (Fsp3) is 0.667. The van der Waals surface area contributed by atoms with Crippen molar-refractivity contribution < 1.29 is 18.3 Å². The average Bonchev–Trinajstić information content (AvgIpc) is 2.27. The van der Waals surface area contributed by atoms with E-state index >= 15 is 0 Å². The number of hydrogen-bond acceptors (Lipinski definition) is 5. The molecule has 0 spiro atoms. The molecule has 0 saturated carbocycles. The number of anilines is 2. The fourth-order valence-electron chi connectivity index (χ4n) is 1.33. The zero-order chi connectivity index (χ0) is 15.6. The molecule has 0 radical (unpaired) electrons. The normalized spacial score (nSPS) is 14.0. The van der Waals surface area contributed by atoms with Crippen molar-refractivity contribution in [2.45, 2.75) is 45.5 Å². The summed E-state index contributed by atoms with van der Waals surface area (Å²) in [4.78, 5) is 7.38.